The lowest BCUT2D eigenvalue weighted by molar-refractivity contribution is -0.127. The quantitative estimate of drug-likeness (QED) is 0.893. The Balaban J connectivity index is 1.76. The number of halogens is 1. The van der Waals surface area contributed by atoms with E-state index in [0.717, 1.165) is 5.69 Å². The molecule has 0 spiro atoms. The van der Waals surface area contributed by atoms with Gasteiger partial charge in [0.05, 0.1) is 0 Å². The molecule has 21 heavy (non-hydrogen) atoms. The van der Waals surface area contributed by atoms with Crippen molar-refractivity contribution in [1.29, 1.82) is 0 Å². The maximum Gasteiger partial charge on any atom is 0.260 e. The topological polar surface area (TPSA) is 51.2 Å². The van der Waals surface area contributed by atoms with E-state index in [1.165, 1.54) is 0 Å². The number of amides is 1. The first-order chi connectivity index (χ1) is 10.1. The van der Waals surface area contributed by atoms with Crippen LogP contribution in [0.2, 0.25) is 5.02 Å². The summed E-state index contributed by atoms with van der Waals surface area (Å²) in [7, 11) is 0. The average Bonchev–Trinajstić information content (AvgIpc) is 2.50. The van der Waals surface area contributed by atoms with Crippen LogP contribution < -0.4 is 10.1 Å². The Kier molecular flexibility index (Phi) is 5.58. The summed E-state index contributed by atoms with van der Waals surface area (Å²) in [6, 6.07) is 12.6. The maximum absolute atomic E-state index is 11.9. The van der Waals surface area contributed by atoms with Gasteiger partial charge in [-0.1, -0.05) is 17.7 Å². The molecule has 2 rings (SSSR count). The number of hydrogen-bond donors (Lipinski definition) is 1. The van der Waals surface area contributed by atoms with Crippen molar-refractivity contribution in [3.63, 3.8) is 0 Å². The standard InChI is InChI=1S/C16H17ClN2O2/c1-12(21-15-7-5-13(17)6-8-15)16(20)19-11-9-14-4-2-3-10-18-14/h2-8,10,12H,9,11H2,1H3,(H,19,20). The van der Waals surface area contributed by atoms with Crippen LogP contribution in [0.1, 0.15) is 12.6 Å². The predicted molar refractivity (Wildman–Crippen MR) is 82.5 cm³/mol. The first-order valence-corrected chi connectivity index (χ1v) is 7.13. The zero-order chi connectivity index (χ0) is 15.1. The number of carbonyl (C=O) groups excluding carboxylic acids is 1. The van der Waals surface area contributed by atoms with Gasteiger partial charge >= 0.3 is 0 Å². The molecule has 0 aliphatic carbocycles. The number of aromatic nitrogens is 1. The maximum atomic E-state index is 11.9. The number of pyridine rings is 1. The van der Waals surface area contributed by atoms with Gasteiger partial charge in [-0.05, 0) is 43.3 Å². The van der Waals surface area contributed by atoms with E-state index in [4.69, 9.17) is 16.3 Å². The molecule has 1 heterocycles. The van der Waals surface area contributed by atoms with E-state index >= 15 is 0 Å². The second kappa shape index (κ2) is 7.64. The zero-order valence-corrected chi connectivity index (χ0v) is 12.5. The predicted octanol–water partition coefficient (Wildman–Crippen LogP) is 2.86. The molecule has 0 aliphatic heterocycles. The molecule has 4 nitrogen and oxygen atoms in total. The summed E-state index contributed by atoms with van der Waals surface area (Å²) in [5.41, 5.74) is 0.948. The van der Waals surface area contributed by atoms with Gasteiger partial charge in [0.1, 0.15) is 5.75 Å². The number of nitrogens with one attached hydrogen (secondary N) is 1. The third-order valence-corrected chi connectivity index (χ3v) is 3.15. The highest BCUT2D eigenvalue weighted by molar-refractivity contribution is 6.30. The van der Waals surface area contributed by atoms with Gasteiger partial charge in [0.25, 0.3) is 5.91 Å². The molecule has 1 atom stereocenters. The first-order valence-electron chi connectivity index (χ1n) is 6.75. The van der Waals surface area contributed by atoms with Crippen LogP contribution in [-0.4, -0.2) is 23.5 Å². The van der Waals surface area contributed by atoms with Crippen molar-refractivity contribution < 1.29 is 9.53 Å². The Morgan fingerprint density at radius 1 is 1.29 bits per heavy atom. The third kappa shape index (κ3) is 5.08. The van der Waals surface area contributed by atoms with E-state index in [1.807, 2.05) is 18.2 Å². The molecule has 0 fully saturated rings. The van der Waals surface area contributed by atoms with Gasteiger partial charge in [-0.15, -0.1) is 0 Å². The van der Waals surface area contributed by atoms with Crippen LogP contribution >= 0.6 is 11.6 Å². The first kappa shape index (κ1) is 15.3. The van der Waals surface area contributed by atoms with Crippen molar-refractivity contribution in [2.24, 2.45) is 0 Å². The summed E-state index contributed by atoms with van der Waals surface area (Å²) >= 11 is 5.80. The molecular formula is C16H17ClN2O2. The van der Waals surface area contributed by atoms with Gasteiger partial charge in [0.15, 0.2) is 6.10 Å². The molecule has 0 saturated carbocycles. The molecule has 0 radical (unpaired) electrons. The minimum Gasteiger partial charge on any atom is -0.481 e. The van der Waals surface area contributed by atoms with Crippen LogP contribution in [0, 0.1) is 0 Å². The van der Waals surface area contributed by atoms with Crippen LogP contribution in [0.4, 0.5) is 0 Å². The largest absolute Gasteiger partial charge is 0.481 e. The molecule has 5 heteroatoms. The highest BCUT2D eigenvalue weighted by Crippen LogP contribution is 2.16. The summed E-state index contributed by atoms with van der Waals surface area (Å²) in [5.74, 6) is 0.465. The van der Waals surface area contributed by atoms with E-state index in [9.17, 15) is 4.79 Å². The molecule has 1 aromatic heterocycles. The summed E-state index contributed by atoms with van der Waals surface area (Å²) < 4.78 is 5.55. The zero-order valence-electron chi connectivity index (χ0n) is 11.8. The van der Waals surface area contributed by atoms with Gasteiger partial charge in [-0.3, -0.25) is 9.78 Å². The van der Waals surface area contributed by atoms with Crippen molar-refractivity contribution >= 4 is 17.5 Å². The summed E-state index contributed by atoms with van der Waals surface area (Å²) in [6.07, 6.45) is 1.87. The Labute approximate surface area is 129 Å². The van der Waals surface area contributed by atoms with Crippen LogP contribution in [0.15, 0.2) is 48.7 Å². The normalized spacial score (nSPS) is 11.7. The number of nitrogens with zero attached hydrogens (tertiary/aromatic N) is 1. The van der Waals surface area contributed by atoms with Crippen molar-refractivity contribution in [2.75, 3.05) is 6.54 Å². The van der Waals surface area contributed by atoms with E-state index < -0.39 is 6.10 Å². The van der Waals surface area contributed by atoms with Gasteiger partial charge in [-0.25, -0.2) is 0 Å². The molecule has 2 aromatic rings. The lowest BCUT2D eigenvalue weighted by atomic mass is 10.2. The molecule has 0 bridgehead atoms. The van der Waals surface area contributed by atoms with Crippen molar-refractivity contribution in [2.45, 2.75) is 19.4 Å². The minimum atomic E-state index is -0.560. The van der Waals surface area contributed by atoms with E-state index in [2.05, 4.69) is 10.3 Å². The van der Waals surface area contributed by atoms with Gasteiger partial charge in [0, 0.05) is 29.9 Å². The third-order valence-electron chi connectivity index (χ3n) is 2.90. The van der Waals surface area contributed by atoms with Gasteiger partial charge < -0.3 is 10.1 Å². The number of carbonyl (C=O) groups is 1. The number of rotatable bonds is 6. The highest BCUT2D eigenvalue weighted by Gasteiger charge is 2.13. The Morgan fingerprint density at radius 3 is 2.71 bits per heavy atom. The molecule has 1 unspecified atom stereocenters. The van der Waals surface area contributed by atoms with Crippen LogP contribution in [-0.2, 0) is 11.2 Å². The highest BCUT2D eigenvalue weighted by atomic mass is 35.5. The van der Waals surface area contributed by atoms with Gasteiger partial charge in [0.2, 0.25) is 0 Å². The average molecular weight is 305 g/mol. The Bertz CT molecular complexity index is 573. The fourth-order valence-corrected chi connectivity index (χ4v) is 1.90. The summed E-state index contributed by atoms with van der Waals surface area (Å²) in [5, 5.41) is 3.47. The fraction of sp³-hybridized carbons (Fsp3) is 0.250. The Morgan fingerprint density at radius 2 is 2.05 bits per heavy atom. The van der Waals surface area contributed by atoms with E-state index in [1.54, 1.807) is 37.4 Å². The van der Waals surface area contributed by atoms with Crippen LogP contribution in [0.3, 0.4) is 0 Å². The smallest absolute Gasteiger partial charge is 0.260 e. The van der Waals surface area contributed by atoms with E-state index in [-0.39, 0.29) is 5.91 Å². The fourth-order valence-electron chi connectivity index (χ4n) is 1.77. The molecule has 1 aromatic carbocycles. The molecule has 1 N–H and O–H groups in total. The second-order valence-corrected chi connectivity index (χ2v) is 5.01. The molecule has 110 valence electrons. The summed E-state index contributed by atoms with van der Waals surface area (Å²) in [6.45, 7) is 2.24. The Hall–Kier alpha value is -2.07. The van der Waals surface area contributed by atoms with Crippen molar-refractivity contribution in [1.82, 2.24) is 10.3 Å². The minimum absolute atomic E-state index is 0.152. The van der Waals surface area contributed by atoms with Crippen LogP contribution in [0.25, 0.3) is 0 Å². The van der Waals surface area contributed by atoms with E-state index in [0.29, 0.717) is 23.7 Å². The van der Waals surface area contributed by atoms with Crippen LogP contribution in [0.5, 0.6) is 5.75 Å². The van der Waals surface area contributed by atoms with Crippen molar-refractivity contribution in [3.05, 3.63) is 59.4 Å². The second-order valence-electron chi connectivity index (χ2n) is 4.58. The molecule has 0 aliphatic rings. The SMILES string of the molecule is CC(Oc1ccc(Cl)cc1)C(=O)NCCc1ccccn1. The number of benzene rings is 1. The number of ether oxygens (including phenoxy) is 1. The molecule has 1 amide bonds. The summed E-state index contributed by atoms with van der Waals surface area (Å²) in [4.78, 5) is 16.1. The molecular weight excluding hydrogens is 288 g/mol. The lowest BCUT2D eigenvalue weighted by Crippen LogP contribution is -2.37. The monoisotopic (exact) mass is 304 g/mol. The lowest BCUT2D eigenvalue weighted by Gasteiger charge is -2.14. The van der Waals surface area contributed by atoms with Crippen molar-refractivity contribution in [3.8, 4) is 5.75 Å². The van der Waals surface area contributed by atoms with Gasteiger partial charge in [-0.2, -0.15) is 0 Å². The molecule has 0 saturated heterocycles. The number of hydrogen-bond acceptors (Lipinski definition) is 3.